The van der Waals surface area contributed by atoms with E-state index in [-0.39, 0.29) is 11.9 Å². The molecule has 0 saturated carbocycles. The first-order chi connectivity index (χ1) is 9.06. The minimum absolute atomic E-state index is 0.0168. The Morgan fingerprint density at radius 1 is 1.37 bits per heavy atom. The van der Waals surface area contributed by atoms with Crippen molar-refractivity contribution in [1.29, 1.82) is 0 Å². The molecule has 1 amide bonds. The number of hydrogen-bond acceptors (Lipinski definition) is 2. The van der Waals surface area contributed by atoms with Crippen LogP contribution in [0.25, 0.3) is 0 Å². The predicted octanol–water partition coefficient (Wildman–Crippen LogP) is 3.95. The van der Waals surface area contributed by atoms with Crippen LogP contribution in [0.15, 0.2) is 41.2 Å². The monoisotopic (exact) mass is 297 g/mol. The molecule has 0 saturated heterocycles. The molecule has 100 valence electrons. The minimum atomic E-state index is -0.210. The lowest BCUT2D eigenvalue weighted by molar-refractivity contribution is 0.0940. The predicted molar refractivity (Wildman–Crippen MR) is 75.8 cm³/mol. The first-order valence-corrected chi connectivity index (χ1v) is 6.59. The normalized spacial score (nSPS) is 12.2. The second kappa shape index (κ2) is 6.13. The van der Waals surface area contributed by atoms with Crippen molar-refractivity contribution in [3.63, 3.8) is 0 Å². The van der Waals surface area contributed by atoms with E-state index >= 15 is 0 Å². The van der Waals surface area contributed by atoms with E-state index in [1.807, 2.05) is 13.0 Å². The summed E-state index contributed by atoms with van der Waals surface area (Å²) in [6, 6.07) is 6.67. The van der Waals surface area contributed by atoms with Gasteiger partial charge in [-0.1, -0.05) is 23.2 Å². The summed E-state index contributed by atoms with van der Waals surface area (Å²) in [7, 11) is 0. The summed E-state index contributed by atoms with van der Waals surface area (Å²) in [5, 5.41) is 3.74. The molecule has 0 aliphatic heterocycles. The number of carbonyl (C=O) groups excluding carboxylic acids is 1. The molecule has 3 nitrogen and oxygen atoms in total. The standard InChI is InChI=1S/C14H13Cl2NO2/c1-9(6-10-4-5-19-8-10)17-14(18)12-3-2-11(15)7-13(12)16/h2-5,7-9H,6H2,1H3,(H,17,18). The van der Waals surface area contributed by atoms with Crippen LogP contribution in [-0.2, 0) is 6.42 Å². The zero-order valence-electron chi connectivity index (χ0n) is 10.3. The van der Waals surface area contributed by atoms with Gasteiger partial charge in [-0.25, -0.2) is 0 Å². The maximum atomic E-state index is 12.1. The lowest BCUT2D eigenvalue weighted by Crippen LogP contribution is -2.34. The molecule has 19 heavy (non-hydrogen) atoms. The lowest BCUT2D eigenvalue weighted by Gasteiger charge is -2.13. The molecule has 0 fully saturated rings. The van der Waals surface area contributed by atoms with E-state index in [2.05, 4.69) is 5.32 Å². The molecule has 0 radical (unpaired) electrons. The summed E-state index contributed by atoms with van der Waals surface area (Å²) in [5.74, 6) is -0.210. The molecule has 0 bridgehead atoms. The number of amides is 1. The zero-order chi connectivity index (χ0) is 13.8. The summed E-state index contributed by atoms with van der Waals surface area (Å²) in [5.41, 5.74) is 1.46. The van der Waals surface area contributed by atoms with Gasteiger partial charge in [-0.3, -0.25) is 4.79 Å². The molecule has 1 aromatic heterocycles. The summed E-state index contributed by atoms with van der Waals surface area (Å²) < 4.78 is 4.99. The van der Waals surface area contributed by atoms with E-state index in [0.29, 0.717) is 22.0 Å². The number of furan rings is 1. The number of nitrogens with one attached hydrogen (secondary N) is 1. The summed E-state index contributed by atoms with van der Waals surface area (Å²) >= 11 is 11.8. The van der Waals surface area contributed by atoms with Crippen molar-refractivity contribution in [2.24, 2.45) is 0 Å². The van der Waals surface area contributed by atoms with E-state index in [1.54, 1.807) is 30.7 Å². The van der Waals surface area contributed by atoms with Crippen molar-refractivity contribution in [2.45, 2.75) is 19.4 Å². The number of carbonyl (C=O) groups is 1. The van der Waals surface area contributed by atoms with E-state index in [4.69, 9.17) is 27.6 Å². The molecule has 0 spiro atoms. The van der Waals surface area contributed by atoms with E-state index in [9.17, 15) is 4.79 Å². The highest BCUT2D eigenvalue weighted by molar-refractivity contribution is 6.36. The van der Waals surface area contributed by atoms with Crippen LogP contribution in [0.3, 0.4) is 0 Å². The molecular formula is C14H13Cl2NO2. The Labute approximate surface area is 121 Å². The first kappa shape index (κ1) is 14.0. The number of halogens is 2. The van der Waals surface area contributed by atoms with Gasteiger partial charge >= 0.3 is 0 Å². The molecule has 5 heteroatoms. The van der Waals surface area contributed by atoms with Gasteiger partial charge in [0.05, 0.1) is 23.1 Å². The summed E-state index contributed by atoms with van der Waals surface area (Å²) in [4.78, 5) is 12.1. The molecule has 1 N–H and O–H groups in total. The maximum Gasteiger partial charge on any atom is 0.253 e. The van der Waals surface area contributed by atoms with Crippen LogP contribution in [-0.4, -0.2) is 11.9 Å². The Morgan fingerprint density at radius 3 is 2.79 bits per heavy atom. The quantitative estimate of drug-likeness (QED) is 0.928. The van der Waals surface area contributed by atoms with Crippen molar-refractivity contribution in [2.75, 3.05) is 0 Å². The van der Waals surface area contributed by atoms with Crippen LogP contribution >= 0.6 is 23.2 Å². The second-order valence-corrected chi connectivity index (χ2v) is 5.18. The van der Waals surface area contributed by atoms with Crippen LogP contribution < -0.4 is 5.32 Å². The lowest BCUT2D eigenvalue weighted by atomic mass is 10.1. The van der Waals surface area contributed by atoms with E-state index in [0.717, 1.165) is 5.56 Å². The molecule has 0 aliphatic carbocycles. The third-order valence-electron chi connectivity index (χ3n) is 2.68. The third kappa shape index (κ3) is 3.75. The molecule has 2 aromatic rings. The van der Waals surface area contributed by atoms with Crippen molar-refractivity contribution >= 4 is 29.1 Å². The zero-order valence-corrected chi connectivity index (χ0v) is 11.8. The fraction of sp³-hybridized carbons (Fsp3) is 0.214. The van der Waals surface area contributed by atoms with Crippen LogP contribution in [0.1, 0.15) is 22.8 Å². The molecule has 0 aliphatic rings. The van der Waals surface area contributed by atoms with Crippen LogP contribution in [0.5, 0.6) is 0 Å². The van der Waals surface area contributed by atoms with Crippen molar-refractivity contribution in [1.82, 2.24) is 5.32 Å². The van der Waals surface area contributed by atoms with Crippen molar-refractivity contribution in [3.05, 3.63) is 58.0 Å². The Bertz CT molecular complexity index is 567. The van der Waals surface area contributed by atoms with Gasteiger partial charge in [0.15, 0.2) is 0 Å². The molecule has 1 atom stereocenters. The molecule has 1 heterocycles. The van der Waals surface area contributed by atoms with Gasteiger partial charge < -0.3 is 9.73 Å². The van der Waals surface area contributed by atoms with Gasteiger partial charge in [-0.15, -0.1) is 0 Å². The SMILES string of the molecule is CC(Cc1ccoc1)NC(=O)c1ccc(Cl)cc1Cl. The Morgan fingerprint density at radius 2 is 2.16 bits per heavy atom. The van der Waals surface area contributed by atoms with Crippen LogP contribution in [0.4, 0.5) is 0 Å². The topological polar surface area (TPSA) is 42.2 Å². The third-order valence-corrected chi connectivity index (χ3v) is 3.22. The summed E-state index contributed by atoms with van der Waals surface area (Å²) in [6.45, 7) is 1.93. The van der Waals surface area contributed by atoms with Gasteiger partial charge in [0.25, 0.3) is 5.91 Å². The average molecular weight is 298 g/mol. The van der Waals surface area contributed by atoms with Gasteiger partial charge in [0, 0.05) is 11.1 Å². The number of hydrogen-bond donors (Lipinski definition) is 1. The van der Waals surface area contributed by atoms with Gasteiger partial charge in [0.1, 0.15) is 0 Å². The Hall–Kier alpha value is -1.45. The number of benzene rings is 1. The highest BCUT2D eigenvalue weighted by atomic mass is 35.5. The molecule has 2 rings (SSSR count). The smallest absolute Gasteiger partial charge is 0.253 e. The first-order valence-electron chi connectivity index (χ1n) is 5.83. The second-order valence-electron chi connectivity index (χ2n) is 4.33. The fourth-order valence-corrected chi connectivity index (χ4v) is 2.28. The number of rotatable bonds is 4. The van der Waals surface area contributed by atoms with Crippen LogP contribution in [0, 0.1) is 0 Å². The van der Waals surface area contributed by atoms with E-state index in [1.165, 1.54) is 0 Å². The Kier molecular flexibility index (Phi) is 4.51. The Balaban J connectivity index is 2.00. The molecular weight excluding hydrogens is 285 g/mol. The van der Waals surface area contributed by atoms with Gasteiger partial charge in [-0.2, -0.15) is 0 Å². The van der Waals surface area contributed by atoms with Crippen molar-refractivity contribution in [3.8, 4) is 0 Å². The maximum absolute atomic E-state index is 12.1. The molecule has 1 unspecified atom stereocenters. The summed E-state index contributed by atoms with van der Waals surface area (Å²) in [6.07, 6.45) is 3.98. The fourth-order valence-electron chi connectivity index (χ4n) is 1.79. The minimum Gasteiger partial charge on any atom is -0.472 e. The highest BCUT2D eigenvalue weighted by Gasteiger charge is 2.14. The molecule has 1 aromatic carbocycles. The highest BCUT2D eigenvalue weighted by Crippen LogP contribution is 2.21. The average Bonchev–Trinajstić information content (AvgIpc) is 2.81. The van der Waals surface area contributed by atoms with Crippen LogP contribution in [0.2, 0.25) is 10.0 Å². The van der Waals surface area contributed by atoms with Crippen molar-refractivity contribution < 1.29 is 9.21 Å². The van der Waals surface area contributed by atoms with E-state index < -0.39 is 0 Å². The largest absolute Gasteiger partial charge is 0.472 e. The van der Waals surface area contributed by atoms with Gasteiger partial charge in [-0.05, 0) is 43.2 Å². The van der Waals surface area contributed by atoms with Gasteiger partial charge in [0.2, 0.25) is 0 Å².